The third-order valence-electron chi connectivity index (χ3n) is 3.16. The first-order valence-corrected chi connectivity index (χ1v) is 7.78. The lowest BCUT2D eigenvalue weighted by Crippen LogP contribution is -2.36. The van der Waals surface area contributed by atoms with E-state index in [0.717, 1.165) is 22.0 Å². The lowest BCUT2D eigenvalue weighted by atomic mass is 10.0. The van der Waals surface area contributed by atoms with E-state index in [2.05, 4.69) is 0 Å². The molecule has 0 spiro atoms. The number of rotatable bonds is 3. The molecular weight excluding hydrogens is 273 g/mol. The molecule has 0 bridgehead atoms. The second kappa shape index (κ2) is 6.33. The second-order valence-electron chi connectivity index (χ2n) is 4.51. The summed E-state index contributed by atoms with van der Waals surface area (Å²) < 4.78 is 0. The maximum Gasteiger partial charge on any atom is 0.0439 e. The molecule has 1 nitrogen and oxygen atoms in total. The number of nitrogens with two attached hydrogens (primary N) is 1. The van der Waals surface area contributed by atoms with Gasteiger partial charge in [-0.15, -0.1) is 0 Å². The molecule has 17 heavy (non-hydrogen) atoms. The van der Waals surface area contributed by atoms with E-state index < -0.39 is 0 Å². The molecule has 1 heterocycles. The Morgan fingerprint density at radius 2 is 2.18 bits per heavy atom. The van der Waals surface area contributed by atoms with Crippen LogP contribution in [0.1, 0.15) is 24.8 Å². The van der Waals surface area contributed by atoms with Crippen LogP contribution >= 0.6 is 35.0 Å². The van der Waals surface area contributed by atoms with Gasteiger partial charge in [0.05, 0.1) is 0 Å². The lowest BCUT2D eigenvalue weighted by molar-refractivity contribution is 0.559. The van der Waals surface area contributed by atoms with Crippen LogP contribution in [0.4, 0.5) is 0 Å². The zero-order valence-electron chi connectivity index (χ0n) is 9.66. The topological polar surface area (TPSA) is 26.0 Å². The SMILES string of the molecule is NC(Cc1cc(Cl)ccc1Cl)C1CCCCS1. The summed E-state index contributed by atoms with van der Waals surface area (Å²) in [4.78, 5) is 0. The van der Waals surface area contributed by atoms with Crippen molar-refractivity contribution in [2.24, 2.45) is 5.73 Å². The van der Waals surface area contributed by atoms with E-state index in [1.54, 1.807) is 0 Å². The van der Waals surface area contributed by atoms with E-state index >= 15 is 0 Å². The van der Waals surface area contributed by atoms with Crippen molar-refractivity contribution in [1.29, 1.82) is 0 Å². The van der Waals surface area contributed by atoms with Crippen molar-refractivity contribution in [3.63, 3.8) is 0 Å². The first kappa shape index (κ1) is 13.5. The molecule has 0 aromatic heterocycles. The van der Waals surface area contributed by atoms with E-state index in [1.807, 2.05) is 30.0 Å². The highest BCUT2D eigenvalue weighted by molar-refractivity contribution is 8.00. The van der Waals surface area contributed by atoms with Crippen LogP contribution in [0.15, 0.2) is 18.2 Å². The number of hydrogen-bond acceptors (Lipinski definition) is 2. The van der Waals surface area contributed by atoms with Crippen molar-refractivity contribution in [3.05, 3.63) is 33.8 Å². The highest BCUT2D eigenvalue weighted by Crippen LogP contribution is 2.29. The van der Waals surface area contributed by atoms with Gasteiger partial charge in [0, 0.05) is 21.3 Å². The van der Waals surface area contributed by atoms with Crippen molar-refractivity contribution in [2.45, 2.75) is 37.0 Å². The van der Waals surface area contributed by atoms with Crippen molar-refractivity contribution in [2.75, 3.05) is 5.75 Å². The van der Waals surface area contributed by atoms with E-state index in [-0.39, 0.29) is 6.04 Å². The molecule has 0 saturated carbocycles. The van der Waals surface area contributed by atoms with Crippen molar-refractivity contribution < 1.29 is 0 Å². The molecule has 4 heteroatoms. The molecule has 1 aromatic rings. The van der Waals surface area contributed by atoms with Gasteiger partial charge in [-0.2, -0.15) is 11.8 Å². The number of hydrogen-bond donors (Lipinski definition) is 1. The smallest absolute Gasteiger partial charge is 0.0439 e. The van der Waals surface area contributed by atoms with Gasteiger partial charge in [-0.25, -0.2) is 0 Å². The van der Waals surface area contributed by atoms with E-state index in [1.165, 1.54) is 25.0 Å². The molecule has 2 unspecified atom stereocenters. The first-order chi connectivity index (χ1) is 8.16. The number of thioether (sulfide) groups is 1. The molecule has 0 aliphatic carbocycles. The normalized spacial score (nSPS) is 22.4. The molecule has 0 amide bonds. The molecule has 2 atom stereocenters. The summed E-state index contributed by atoms with van der Waals surface area (Å²) in [6.07, 6.45) is 4.67. The highest BCUT2D eigenvalue weighted by atomic mass is 35.5. The average Bonchev–Trinajstić information content (AvgIpc) is 2.35. The zero-order chi connectivity index (χ0) is 12.3. The Morgan fingerprint density at radius 1 is 1.35 bits per heavy atom. The minimum absolute atomic E-state index is 0.177. The number of halogens is 2. The van der Waals surface area contributed by atoms with Crippen LogP contribution in [0, 0.1) is 0 Å². The quantitative estimate of drug-likeness (QED) is 0.905. The Hall–Kier alpha value is 0.110. The van der Waals surface area contributed by atoms with Gasteiger partial charge in [0.15, 0.2) is 0 Å². The molecule has 1 fully saturated rings. The predicted octanol–water partition coefficient (Wildman–Crippen LogP) is 4.15. The standard InChI is InChI=1S/C13H17Cl2NS/c14-10-4-5-11(15)9(7-10)8-12(16)13-3-1-2-6-17-13/h4-5,7,12-13H,1-3,6,8,16H2. The average molecular weight is 290 g/mol. The van der Waals surface area contributed by atoms with Gasteiger partial charge < -0.3 is 5.73 Å². The molecular formula is C13H17Cl2NS. The minimum atomic E-state index is 0.177. The Labute approximate surface area is 117 Å². The molecule has 94 valence electrons. The van der Waals surface area contributed by atoms with E-state index in [4.69, 9.17) is 28.9 Å². The summed E-state index contributed by atoms with van der Waals surface area (Å²) in [5.74, 6) is 1.24. The van der Waals surface area contributed by atoms with Crippen LogP contribution in [0.25, 0.3) is 0 Å². The summed E-state index contributed by atoms with van der Waals surface area (Å²) in [7, 11) is 0. The monoisotopic (exact) mass is 289 g/mol. The maximum absolute atomic E-state index is 6.28. The molecule has 1 saturated heterocycles. The predicted molar refractivity (Wildman–Crippen MR) is 78.2 cm³/mol. The highest BCUT2D eigenvalue weighted by Gasteiger charge is 2.21. The maximum atomic E-state index is 6.28. The van der Waals surface area contributed by atoms with Crippen molar-refractivity contribution in [3.8, 4) is 0 Å². The van der Waals surface area contributed by atoms with Crippen molar-refractivity contribution in [1.82, 2.24) is 0 Å². The van der Waals surface area contributed by atoms with Gasteiger partial charge in [-0.3, -0.25) is 0 Å². The molecule has 2 rings (SSSR count). The number of benzene rings is 1. The largest absolute Gasteiger partial charge is 0.326 e. The third-order valence-corrected chi connectivity index (χ3v) is 5.30. The summed E-state index contributed by atoms with van der Waals surface area (Å²) in [5.41, 5.74) is 7.34. The van der Waals surface area contributed by atoms with Gasteiger partial charge in [0.2, 0.25) is 0 Å². The lowest BCUT2D eigenvalue weighted by Gasteiger charge is -2.27. The van der Waals surface area contributed by atoms with Gasteiger partial charge in [-0.05, 0) is 48.8 Å². The second-order valence-corrected chi connectivity index (χ2v) is 6.70. The molecule has 2 N–H and O–H groups in total. The van der Waals surface area contributed by atoms with Crippen LogP contribution in [0.2, 0.25) is 10.0 Å². The van der Waals surface area contributed by atoms with Gasteiger partial charge >= 0.3 is 0 Å². The van der Waals surface area contributed by atoms with Crippen LogP contribution in [0.3, 0.4) is 0 Å². The van der Waals surface area contributed by atoms with Crippen LogP contribution in [0.5, 0.6) is 0 Å². The molecule has 1 aliphatic heterocycles. The first-order valence-electron chi connectivity index (χ1n) is 5.98. The Bertz CT molecular complexity index is 378. The fourth-order valence-corrected chi connectivity index (χ4v) is 3.93. The van der Waals surface area contributed by atoms with Crippen molar-refractivity contribution >= 4 is 35.0 Å². The fourth-order valence-electron chi connectivity index (χ4n) is 2.19. The molecule has 1 aliphatic rings. The minimum Gasteiger partial charge on any atom is -0.326 e. The van der Waals surface area contributed by atoms with Crippen LogP contribution in [-0.4, -0.2) is 17.0 Å². The zero-order valence-corrected chi connectivity index (χ0v) is 12.0. The molecule has 0 radical (unpaired) electrons. The Kier molecular flexibility index (Phi) is 5.04. The molecule has 1 aromatic carbocycles. The fraction of sp³-hybridized carbons (Fsp3) is 0.538. The van der Waals surface area contributed by atoms with Gasteiger partial charge in [-0.1, -0.05) is 29.6 Å². The summed E-state index contributed by atoms with van der Waals surface area (Å²) in [6, 6.07) is 5.77. The Balaban J connectivity index is 2.01. The summed E-state index contributed by atoms with van der Waals surface area (Å²) in [6.45, 7) is 0. The third kappa shape index (κ3) is 3.78. The van der Waals surface area contributed by atoms with E-state index in [9.17, 15) is 0 Å². The summed E-state index contributed by atoms with van der Waals surface area (Å²) in [5, 5.41) is 2.07. The summed E-state index contributed by atoms with van der Waals surface area (Å²) >= 11 is 14.1. The van der Waals surface area contributed by atoms with Gasteiger partial charge in [0.1, 0.15) is 0 Å². The van der Waals surface area contributed by atoms with Crippen LogP contribution < -0.4 is 5.73 Å². The van der Waals surface area contributed by atoms with Gasteiger partial charge in [0.25, 0.3) is 0 Å². The Morgan fingerprint density at radius 3 is 2.88 bits per heavy atom. The van der Waals surface area contributed by atoms with Crippen LogP contribution in [-0.2, 0) is 6.42 Å². The van der Waals surface area contributed by atoms with E-state index in [0.29, 0.717) is 5.25 Å².